The molecule has 0 aliphatic carbocycles. The molecule has 0 aliphatic heterocycles. The molecule has 0 saturated carbocycles. The van der Waals surface area contributed by atoms with Gasteiger partial charge in [-0.2, -0.15) is 0 Å². The summed E-state index contributed by atoms with van der Waals surface area (Å²) in [5.74, 6) is -0.946. The molecule has 0 heterocycles. The Morgan fingerprint density at radius 1 is 0.253 bits per heavy atom. The van der Waals surface area contributed by atoms with Gasteiger partial charge >= 0.3 is 17.9 Å². The standard InChI is InChI=1S/C77H132O6/c1-4-7-10-13-16-19-22-24-26-28-30-32-34-35-36-37-38-39-40-41-43-44-46-48-50-52-55-58-61-64-67-70-76(79)82-73-74(72-81-75(78)69-66-63-60-57-54-21-18-15-12-9-6-3)83-77(80)71-68-65-62-59-56-53-51-49-47-45-42-33-31-29-27-25-23-20-17-14-11-8-5-2/h8,11,17,20,22,24-25,27-28,30-31,33,45,47,51,53,59,62,74H,4-7,9-10,12-16,18-19,21,23,26,29,32,34-44,46,48-50,52,54-58,60-61,63-73H2,1-3H3/b11-8-,20-17-,24-22-,27-25-,30-28-,33-31-,47-45-,53-51-,62-59-. The lowest BCUT2D eigenvalue weighted by molar-refractivity contribution is -0.167. The molecule has 1 atom stereocenters. The van der Waals surface area contributed by atoms with Gasteiger partial charge in [0.25, 0.3) is 0 Å². The number of hydrogen-bond acceptors (Lipinski definition) is 6. The molecule has 6 heteroatoms. The quantitative estimate of drug-likeness (QED) is 0.0261. The first kappa shape index (κ1) is 79.1. The lowest BCUT2D eigenvalue weighted by Crippen LogP contribution is -2.30. The van der Waals surface area contributed by atoms with E-state index in [0.29, 0.717) is 19.3 Å². The minimum Gasteiger partial charge on any atom is -0.462 e. The highest BCUT2D eigenvalue weighted by molar-refractivity contribution is 5.71. The average molecular weight is 1150 g/mol. The third-order valence-corrected chi connectivity index (χ3v) is 15.3. The fourth-order valence-corrected chi connectivity index (χ4v) is 9.99. The Morgan fingerprint density at radius 2 is 0.482 bits per heavy atom. The molecule has 0 aliphatic rings. The van der Waals surface area contributed by atoms with Gasteiger partial charge in [-0.3, -0.25) is 14.4 Å². The zero-order valence-electron chi connectivity index (χ0n) is 54.7. The highest BCUT2D eigenvalue weighted by Gasteiger charge is 2.19. The van der Waals surface area contributed by atoms with Crippen LogP contribution in [0.25, 0.3) is 0 Å². The summed E-state index contributed by atoms with van der Waals surface area (Å²) in [6, 6.07) is 0. The Balaban J connectivity index is 4.25. The van der Waals surface area contributed by atoms with E-state index in [9.17, 15) is 14.4 Å². The number of unbranched alkanes of at least 4 members (excludes halogenated alkanes) is 35. The maximum absolute atomic E-state index is 12.9. The number of esters is 3. The molecule has 0 amide bonds. The third kappa shape index (κ3) is 68.7. The second-order valence-corrected chi connectivity index (χ2v) is 23.4. The van der Waals surface area contributed by atoms with Crippen molar-refractivity contribution < 1.29 is 28.6 Å². The molecule has 476 valence electrons. The number of carbonyl (C=O) groups is 3. The highest BCUT2D eigenvalue weighted by Crippen LogP contribution is 2.17. The van der Waals surface area contributed by atoms with Gasteiger partial charge in [-0.05, 0) is 103 Å². The molecule has 0 radical (unpaired) electrons. The zero-order valence-corrected chi connectivity index (χ0v) is 54.7. The van der Waals surface area contributed by atoms with Crippen LogP contribution in [0.1, 0.15) is 342 Å². The smallest absolute Gasteiger partial charge is 0.306 e. The van der Waals surface area contributed by atoms with Crippen LogP contribution in [-0.4, -0.2) is 37.2 Å². The molecule has 0 aromatic heterocycles. The number of rotatable bonds is 64. The van der Waals surface area contributed by atoms with Crippen molar-refractivity contribution >= 4 is 17.9 Å². The second kappa shape index (κ2) is 70.6. The largest absolute Gasteiger partial charge is 0.462 e. The number of ether oxygens (including phenoxy) is 3. The van der Waals surface area contributed by atoms with E-state index in [-0.39, 0.29) is 37.5 Å². The van der Waals surface area contributed by atoms with Gasteiger partial charge in [0, 0.05) is 19.3 Å². The molecule has 83 heavy (non-hydrogen) atoms. The van der Waals surface area contributed by atoms with Crippen molar-refractivity contribution in [2.24, 2.45) is 0 Å². The number of allylic oxidation sites excluding steroid dienone is 18. The zero-order chi connectivity index (χ0) is 59.9. The SMILES string of the molecule is CC/C=C\C/C=C\C/C=C\C/C=C\C/C=C\C/C=C\C/C=C\CCCC(=O)OC(COC(=O)CCCCCCCCCCCCC)COC(=O)CCCCCCCCCCCCCCCCCCCCC/C=C\C/C=C\CCCCCCC. The van der Waals surface area contributed by atoms with Crippen LogP contribution in [0.3, 0.4) is 0 Å². The van der Waals surface area contributed by atoms with Crippen LogP contribution in [0.15, 0.2) is 109 Å². The molecule has 1 unspecified atom stereocenters. The van der Waals surface area contributed by atoms with Gasteiger partial charge in [0.1, 0.15) is 13.2 Å². The molecular weight excluding hydrogens is 1020 g/mol. The number of hydrogen-bond donors (Lipinski definition) is 0. The van der Waals surface area contributed by atoms with Crippen molar-refractivity contribution in [1.82, 2.24) is 0 Å². The molecule has 0 N–H and O–H groups in total. The van der Waals surface area contributed by atoms with Crippen molar-refractivity contribution in [3.05, 3.63) is 109 Å². The van der Waals surface area contributed by atoms with E-state index < -0.39 is 6.10 Å². The Bertz CT molecular complexity index is 1660. The molecule has 0 bridgehead atoms. The monoisotopic (exact) mass is 1150 g/mol. The van der Waals surface area contributed by atoms with Crippen molar-refractivity contribution in [3.63, 3.8) is 0 Å². The summed E-state index contributed by atoms with van der Waals surface area (Å²) >= 11 is 0. The summed E-state index contributed by atoms with van der Waals surface area (Å²) in [6.45, 7) is 6.49. The Labute approximate surface area is 514 Å². The van der Waals surface area contributed by atoms with Crippen LogP contribution in [0.2, 0.25) is 0 Å². The molecule has 6 nitrogen and oxygen atoms in total. The maximum atomic E-state index is 12.9. The summed E-state index contributed by atoms with van der Waals surface area (Å²) in [4.78, 5) is 38.3. The van der Waals surface area contributed by atoms with Gasteiger partial charge < -0.3 is 14.2 Å². The molecule has 0 saturated heterocycles. The van der Waals surface area contributed by atoms with E-state index in [4.69, 9.17) is 14.2 Å². The van der Waals surface area contributed by atoms with Crippen LogP contribution in [0.4, 0.5) is 0 Å². The summed E-state index contributed by atoms with van der Waals surface area (Å²) in [7, 11) is 0. The lowest BCUT2D eigenvalue weighted by atomic mass is 10.0. The van der Waals surface area contributed by atoms with Crippen LogP contribution < -0.4 is 0 Å². The first-order valence-electron chi connectivity index (χ1n) is 35.4. The Hall–Kier alpha value is -3.93. The summed E-state index contributed by atoms with van der Waals surface area (Å²) in [6.07, 6.45) is 97.1. The van der Waals surface area contributed by atoms with Gasteiger partial charge in [-0.1, -0.05) is 329 Å². The topological polar surface area (TPSA) is 78.9 Å². The van der Waals surface area contributed by atoms with Crippen LogP contribution >= 0.6 is 0 Å². The van der Waals surface area contributed by atoms with Gasteiger partial charge in [0.15, 0.2) is 6.10 Å². The van der Waals surface area contributed by atoms with Crippen molar-refractivity contribution in [3.8, 4) is 0 Å². The molecular formula is C77H132O6. The first-order valence-corrected chi connectivity index (χ1v) is 35.4. The average Bonchev–Trinajstić information content (AvgIpc) is 3.48. The van der Waals surface area contributed by atoms with E-state index >= 15 is 0 Å². The fraction of sp³-hybridized carbons (Fsp3) is 0.727. The van der Waals surface area contributed by atoms with Crippen LogP contribution in [0.5, 0.6) is 0 Å². The van der Waals surface area contributed by atoms with Crippen LogP contribution in [-0.2, 0) is 28.6 Å². The summed E-state index contributed by atoms with van der Waals surface area (Å²) < 4.78 is 16.9. The van der Waals surface area contributed by atoms with Gasteiger partial charge in [0.2, 0.25) is 0 Å². The number of carbonyl (C=O) groups excluding carboxylic acids is 3. The fourth-order valence-electron chi connectivity index (χ4n) is 9.99. The van der Waals surface area contributed by atoms with Gasteiger partial charge in [-0.15, -0.1) is 0 Å². The van der Waals surface area contributed by atoms with Crippen molar-refractivity contribution in [2.75, 3.05) is 13.2 Å². The first-order chi connectivity index (χ1) is 41.0. The molecule has 0 aromatic rings. The lowest BCUT2D eigenvalue weighted by Gasteiger charge is -2.18. The molecule has 0 rings (SSSR count). The van der Waals surface area contributed by atoms with Crippen LogP contribution in [0, 0.1) is 0 Å². The van der Waals surface area contributed by atoms with E-state index in [1.165, 1.54) is 199 Å². The predicted molar refractivity (Wildman–Crippen MR) is 362 cm³/mol. The second-order valence-electron chi connectivity index (χ2n) is 23.4. The van der Waals surface area contributed by atoms with Crippen molar-refractivity contribution in [1.29, 1.82) is 0 Å². The highest BCUT2D eigenvalue weighted by atomic mass is 16.6. The Morgan fingerprint density at radius 3 is 0.771 bits per heavy atom. The minimum atomic E-state index is -0.808. The Kier molecular flexibility index (Phi) is 67.2. The minimum absolute atomic E-state index is 0.0982. The normalized spacial score (nSPS) is 12.8. The van der Waals surface area contributed by atoms with E-state index in [1.54, 1.807) is 0 Å². The molecule has 0 fully saturated rings. The third-order valence-electron chi connectivity index (χ3n) is 15.3. The molecule has 0 aromatic carbocycles. The van der Waals surface area contributed by atoms with Gasteiger partial charge in [-0.25, -0.2) is 0 Å². The van der Waals surface area contributed by atoms with E-state index in [1.807, 2.05) is 0 Å². The van der Waals surface area contributed by atoms with E-state index in [2.05, 4.69) is 130 Å². The van der Waals surface area contributed by atoms with Crippen molar-refractivity contribution in [2.45, 2.75) is 348 Å². The maximum Gasteiger partial charge on any atom is 0.306 e. The summed E-state index contributed by atoms with van der Waals surface area (Å²) in [5, 5.41) is 0. The van der Waals surface area contributed by atoms with E-state index in [0.717, 1.165) is 96.3 Å². The predicted octanol–water partition coefficient (Wildman–Crippen LogP) is 24.6. The summed E-state index contributed by atoms with van der Waals surface area (Å²) in [5.41, 5.74) is 0. The van der Waals surface area contributed by atoms with Gasteiger partial charge in [0.05, 0.1) is 0 Å². The molecule has 0 spiro atoms.